The van der Waals surface area contributed by atoms with E-state index in [1.54, 1.807) is 0 Å². The Hall–Kier alpha value is -2.88. The maximum Gasteiger partial charge on any atom is 0.133 e. The third kappa shape index (κ3) is 2.31. The first-order chi connectivity index (χ1) is 11.8. The summed E-state index contributed by atoms with van der Waals surface area (Å²) in [5, 5.41) is 0. The molecular weight excluding hydrogens is 296 g/mol. The normalized spacial score (nSPS) is 11.9. The Labute approximate surface area is 141 Å². The second kappa shape index (κ2) is 5.96. The van der Waals surface area contributed by atoms with E-state index in [1.165, 1.54) is 11.0 Å². The summed E-state index contributed by atoms with van der Waals surface area (Å²) in [6.45, 7) is 6.08. The van der Waals surface area contributed by atoms with Crippen LogP contribution in [0.2, 0.25) is 0 Å². The Bertz CT molecular complexity index is 952. The molecule has 0 aliphatic rings. The van der Waals surface area contributed by atoms with Crippen molar-refractivity contribution >= 4 is 34.2 Å². The Morgan fingerprint density at radius 1 is 0.708 bits per heavy atom. The number of nitrogens with zero attached hydrogens (tertiary/aromatic N) is 4. The number of aryl methyl sites for hydroxylation is 2. The first kappa shape index (κ1) is 14.7. The van der Waals surface area contributed by atoms with Crippen LogP contribution in [0, 0.1) is 0 Å². The van der Waals surface area contributed by atoms with Gasteiger partial charge in [0.05, 0.1) is 22.1 Å². The summed E-state index contributed by atoms with van der Waals surface area (Å²) in [6.07, 6.45) is 4.13. The summed E-state index contributed by atoms with van der Waals surface area (Å²) < 4.78 is 4.45. The summed E-state index contributed by atoms with van der Waals surface area (Å²) >= 11 is 0. The summed E-state index contributed by atoms with van der Waals surface area (Å²) in [4.78, 5) is 9.49. The zero-order valence-electron chi connectivity index (χ0n) is 14.0. The molecule has 0 N–H and O–H groups in total. The number of hydrogen-bond donors (Lipinski definition) is 0. The Kier molecular flexibility index (Phi) is 3.65. The highest BCUT2D eigenvalue weighted by Gasteiger charge is 2.08. The van der Waals surface area contributed by atoms with Crippen LogP contribution in [-0.4, -0.2) is 19.1 Å². The van der Waals surface area contributed by atoms with Crippen molar-refractivity contribution in [1.82, 2.24) is 19.1 Å². The largest absolute Gasteiger partial charge is 0.325 e. The van der Waals surface area contributed by atoms with Crippen LogP contribution in [0.25, 0.3) is 34.2 Å². The van der Waals surface area contributed by atoms with Gasteiger partial charge in [0.25, 0.3) is 0 Å². The van der Waals surface area contributed by atoms with Gasteiger partial charge in [0.15, 0.2) is 0 Å². The fourth-order valence-corrected chi connectivity index (χ4v) is 3.26. The predicted octanol–water partition coefficient (Wildman–Crippen LogP) is 4.60. The molecule has 4 heteroatoms. The van der Waals surface area contributed by atoms with Gasteiger partial charge >= 0.3 is 0 Å². The number of imidazole rings is 2. The molecule has 120 valence electrons. The van der Waals surface area contributed by atoms with Crippen molar-refractivity contribution in [2.45, 2.75) is 26.9 Å². The Morgan fingerprint density at radius 2 is 1.12 bits per heavy atom. The third-order valence-electron chi connectivity index (χ3n) is 4.38. The maximum absolute atomic E-state index is 4.75. The molecule has 2 aromatic carbocycles. The molecule has 4 rings (SSSR count). The summed E-state index contributed by atoms with van der Waals surface area (Å²) in [7, 11) is 0. The molecule has 2 heterocycles. The molecule has 0 saturated carbocycles. The minimum absolute atomic E-state index is 0.893. The van der Waals surface area contributed by atoms with Crippen LogP contribution >= 0.6 is 0 Å². The zero-order valence-corrected chi connectivity index (χ0v) is 14.0. The molecule has 0 bridgehead atoms. The summed E-state index contributed by atoms with van der Waals surface area (Å²) in [5.41, 5.74) is 4.40. The van der Waals surface area contributed by atoms with E-state index in [2.05, 4.69) is 71.5 Å². The summed E-state index contributed by atoms with van der Waals surface area (Å²) in [6, 6.07) is 16.5. The molecule has 0 radical (unpaired) electrons. The molecule has 4 aromatic rings. The fraction of sp³-hybridized carbons (Fsp3) is 0.200. The Morgan fingerprint density at radius 3 is 1.54 bits per heavy atom. The minimum Gasteiger partial charge on any atom is -0.325 e. The average Bonchev–Trinajstić information content (AvgIpc) is 3.16. The minimum atomic E-state index is 0.893. The van der Waals surface area contributed by atoms with E-state index in [0.29, 0.717) is 0 Å². The lowest BCUT2D eigenvalue weighted by Crippen LogP contribution is -1.98. The Balaban J connectivity index is 1.81. The molecule has 0 amide bonds. The third-order valence-corrected chi connectivity index (χ3v) is 4.38. The van der Waals surface area contributed by atoms with Gasteiger partial charge < -0.3 is 9.13 Å². The first-order valence-corrected chi connectivity index (χ1v) is 8.40. The maximum atomic E-state index is 4.75. The first-order valence-electron chi connectivity index (χ1n) is 8.40. The molecule has 0 aliphatic carbocycles. The average molecular weight is 316 g/mol. The summed E-state index contributed by atoms with van der Waals surface area (Å²) in [5.74, 6) is 1.93. The fourth-order valence-electron chi connectivity index (χ4n) is 3.26. The molecule has 0 aliphatic heterocycles. The molecule has 0 spiro atoms. The van der Waals surface area contributed by atoms with Crippen molar-refractivity contribution < 1.29 is 0 Å². The van der Waals surface area contributed by atoms with E-state index in [0.717, 1.165) is 35.8 Å². The number of para-hydroxylation sites is 4. The van der Waals surface area contributed by atoms with Crippen molar-refractivity contribution in [3.05, 3.63) is 60.2 Å². The van der Waals surface area contributed by atoms with Crippen molar-refractivity contribution in [2.75, 3.05) is 0 Å². The standard InChI is InChI=1S/C20H20N4/c1-3-23-17-11-7-5-9-15(17)21-19(23)13-14-20-22-16-10-6-8-12-18(16)24(20)4-2/h5-14H,3-4H2,1-2H3. The van der Waals surface area contributed by atoms with E-state index in [4.69, 9.17) is 9.97 Å². The number of aromatic nitrogens is 4. The van der Waals surface area contributed by atoms with Gasteiger partial charge in [-0.25, -0.2) is 9.97 Å². The quantitative estimate of drug-likeness (QED) is 0.552. The number of benzene rings is 2. The van der Waals surface area contributed by atoms with Gasteiger partial charge in [-0.15, -0.1) is 0 Å². The number of rotatable bonds is 4. The van der Waals surface area contributed by atoms with E-state index in [-0.39, 0.29) is 0 Å². The molecule has 24 heavy (non-hydrogen) atoms. The van der Waals surface area contributed by atoms with Crippen molar-refractivity contribution in [2.24, 2.45) is 0 Å². The van der Waals surface area contributed by atoms with Crippen LogP contribution in [0.3, 0.4) is 0 Å². The highest BCUT2D eigenvalue weighted by Crippen LogP contribution is 2.20. The van der Waals surface area contributed by atoms with Gasteiger partial charge in [0, 0.05) is 13.1 Å². The van der Waals surface area contributed by atoms with Crippen LogP contribution in [0.4, 0.5) is 0 Å². The van der Waals surface area contributed by atoms with Crippen LogP contribution in [0.1, 0.15) is 25.5 Å². The lowest BCUT2D eigenvalue weighted by molar-refractivity contribution is 0.773. The van der Waals surface area contributed by atoms with Crippen LogP contribution < -0.4 is 0 Å². The monoisotopic (exact) mass is 316 g/mol. The van der Waals surface area contributed by atoms with Gasteiger partial charge in [-0.2, -0.15) is 0 Å². The van der Waals surface area contributed by atoms with Gasteiger partial charge in [-0.3, -0.25) is 0 Å². The van der Waals surface area contributed by atoms with E-state index in [1.807, 2.05) is 12.1 Å². The number of hydrogen-bond acceptors (Lipinski definition) is 2. The molecule has 0 fully saturated rings. The second-order valence-electron chi connectivity index (χ2n) is 5.74. The highest BCUT2D eigenvalue weighted by molar-refractivity contribution is 5.82. The lowest BCUT2D eigenvalue weighted by Gasteiger charge is -2.03. The molecule has 2 aromatic heterocycles. The van der Waals surface area contributed by atoms with Crippen molar-refractivity contribution in [1.29, 1.82) is 0 Å². The lowest BCUT2D eigenvalue weighted by atomic mass is 10.3. The molecular formula is C20H20N4. The zero-order chi connectivity index (χ0) is 16.5. The van der Waals surface area contributed by atoms with Crippen molar-refractivity contribution in [3.8, 4) is 0 Å². The highest BCUT2D eigenvalue weighted by atomic mass is 15.1. The molecule has 0 saturated heterocycles. The molecule has 0 unspecified atom stereocenters. The number of fused-ring (bicyclic) bond motifs is 2. The second-order valence-corrected chi connectivity index (χ2v) is 5.74. The molecule has 4 nitrogen and oxygen atoms in total. The SMILES string of the molecule is CCn1c(C=Cc2nc3ccccc3n2CC)nc2ccccc21. The van der Waals surface area contributed by atoms with Crippen molar-refractivity contribution in [3.63, 3.8) is 0 Å². The smallest absolute Gasteiger partial charge is 0.133 e. The van der Waals surface area contributed by atoms with Gasteiger partial charge in [0.1, 0.15) is 11.6 Å². The van der Waals surface area contributed by atoms with Gasteiger partial charge in [0.2, 0.25) is 0 Å². The van der Waals surface area contributed by atoms with Crippen LogP contribution in [0.5, 0.6) is 0 Å². The van der Waals surface area contributed by atoms with Gasteiger partial charge in [-0.1, -0.05) is 24.3 Å². The van der Waals surface area contributed by atoms with E-state index >= 15 is 0 Å². The van der Waals surface area contributed by atoms with Gasteiger partial charge in [-0.05, 0) is 50.3 Å². The van der Waals surface area contributed by atoms with Crippen LogP contribution in [-0.2, 0) is 13.1 Å². The molecule has 0 atom stereocenters. The topological polar surface area (TPSA) is 35.6 Å². The van der Waals surface area contributed by atoms with Crippen LogP contribution in [0.15, 0.2) is 48.5 Å². The van der Waals surface area contributed by atoms with E-state index < -0.39 is 0 Å². The van der Waals surface area contributed by atoms with E-state index in [9.17, 15) is 0 Å². The predicted molar refractivity (Wildman–Crippen MR) is 99.7 cm³/mol.